The molecule has 20 rings (SSSR count). The number of benzene rings is 13. The first kappa shape index (κ1) is 47.4. The van der Waals surface area contributed by atoms with Crippen LogP contribution in [0.2, 0.25) is 0 Å². The summed E-state index contributed by atoms with van der Waals surface area (Å²) in [6.45, 7) is 0. The van der Waals surface area contributed by atoms with Crippen LogP contribution in [0.4, 0.5) is 0 Å². The van der Waals surface area contributed by atoms with E-state index in [1.54, 1.807) is 0 Å². The van der Waals surface area contributed by atoms with Crippen LogP contribution in [0.1, 0.15) is 0 Å². The van der Waals surface area contributed by atoms with Gasteiger partial charge in [0.2, 0.25) is 0 Å². The first-order chi connectivity index (χ1) is 43.6. The first-order valence-corrected chi connectivity index (χ1v) is 29.8. The van der Waals surface area contributed by atoms with Gasteiger partial charge in [-0.05, 0) is 145 Å². The molecule has 8 nitrogen and oxygen atoms in total. The van der Waals surface area contributed by atoms with Crippen LogP contribution in [-0.2, 0) is 0 Å². The Morgan fingerprint density at radius 3 is 1.10 bits per heavy atom. The number of aromatic nitrogens is 5. The lowest BCUT2D eigenvalue weighted by molar-refractivity contribution is 0.669. The largest absolute Gasteiger partial charge is 0.456 e. The Hall–Kier alpha value is -12.0. The second-order valence-corrected chi connectivity index (χ2v) is 23.1. The molecule has 20 aromatic rings. The predicted octanol–water partition coefficient (Wildman–Crippen LogP) is 21.6. The Morgan fingerprint density at radius 2 is 0.625 bits per heavy atom. The van der Waals surface area contributed by atoms with E-state index < -0.39 is 0 Å². The van der Waals surface area contributed by atoms with Crippen molar-refractivity contribution in [3.8, 4) is 50.8 Å². The van der Waals surface area contributed by atoms with E-state index in [-0.39, 0.29) is 0 Å². The van der Waals surface area contributed by atoms with Gasteiger partial charge in [-0.25, -0.2) is 9.97 Å². The maximum atomic E-state index is 6.42. The van der Waals surface area contributed by atoms with E-state index in [0.29, 0.717) is 5.82 Å². The molecule has 0 bridgehead atoms. The average Bonchev–Trinajstić information content (AvgIpc) is 1.81. The standard InChI is InChI=1S/C80H45N5O3/c1-7-22-61-53(16-1)73-64(38-41-70-76(73)56-19-4-10-25-67(56)86-70)83(61)50-33-28-46(29-34-50)79-59-45-49(48-14-13-15-52(44-48)85-63-24-9-3-18-55(63)75-66(85)40-43-72-78(75)58-21-6-12-27-69(58)88-72)32-37-60(59)81-80(82-79)47-30-35-51(36-31-47)84-62-23-8-2-17-54(62)74-65(84)39-42-71-77(74)57-20-5-11-26-68(57)87-71/h1-45H. The Kier molecular flexibility index (Phi) is 9.57. The number of hydrogen-bond donors (Lipinski definition) is 0. The Balaban J connectivity index is 0.749. The summed E-state index contributed by atoms with van der Waals surface area (Å²) in [5, 5.41) is 14.8. The van der Waals surface area contributed by atoms with Crippen LogP contribution in [0, 0.1) is 0 Å². The van der Waals surface area contributed by atoms with E-state index >= 15 is 0 Å². The van der Waals surface area contributed by atoms with Crippen molar-refractivity contribution in [1.82, 2.24) is 23.7 Å². The van der Waals surface area contributed by atoms with E-state index in [1.807, 2.05) is 24.3 Å². The molecule has 8 heteroatoms. The number of nitrogens with zero attached hydrogens (tertiary/aromatic N) is 5. The molecule has 0 saturated carbocycles. The van der Waals surface area contributed by atoms with Gasteiger partial charge < -0.3 is 27.0 Å². The maximum absolute atomic E-state index is 6.42. The highest BCUT2D eigenvalue weighted by Gasteiger charge is 2.24. The van der Waals surface area contributed by atoms with Crippen molar-refractivity contribution in [2.45, 2.75) is 0 Å². The summed E-state index contributed by atoms with van der Waals surface area (Å²) in [6.07, 6.45) is 0. The monoisotopic (exact) mass is 1120 g/mol. The van der Waals surface area contributed by atoms with E-state index in [2.05, 4.69) is 262 Å². The van der Waals surface area contributed by atoms with E-state index in [0.717, 1.165) is 155 Å². The smallest absolute Gasteiger partial charge is 0.160 e. The normalized spacial score (nSPS) is 12.3. The molecule has 0 aliphatic carbocycles. The molecule has 0 fully saturated rings. The van der Waals surface area contributed by atoms with Gasteiger partial charge in [0.15, 0.2) is 5.82 Å². The van der Waals surface area contributed by atoms with Crippen LogP contribution in [-0.4, -0.2) is 23.7 Å². The van der Waals surface area contributed by atoms with Crippen molar-refractivity contribution >= 4 is 142 Å². The SMILES string of the molecule is c1cc(-c2ccc3nc(-c4ccc(-n5c6ccccc6c6c7c(ccc65)oc5ccccc57)cc4)nc(-c4ccc(-n5c6ccccc6c6c7c(ccc65)oc5ccccc57)cc4)c3c2)cc(-n2c3ccccc3c3c4c(ccc32)oc2ccccc24)c1. The number of fused-ring (bicyclic) bond motifs is 22. The molecule has 88 heavy (non-hydrogen) atoms. The highest BCUT2D eigenvalue weighted by molar-refractivity contribution is 6.30. The van der Waals surface area contributed by atoms with E-state index in [4.69, 9.17) is 23.2 Å². The van der Waals surface area contributed by atoms with Gasteiger partial charge in [-0.2, -0.15) is 0 Å². The lowest BCUT2D eigenvalue weighted by atomic mass is 9.99. The van der Waals surface area contributed by atoms with Gasteiger partial charge in [-0.15, -0.1) is 0 Å². The van der Waals surface area contributed by atoms with Crippen molar-refractivity contribution < 1.29 is 13.3 Å². The molecule has 408 valence electrons. The molecule has 0 amide bonds. The topological polar surface area (TPSA) is 80.0 Å². The van der Waals surface area contributed by atoms with Gasteiger partial charge in [0.25, 0.3) is 0 Å². The molecule has 13 aromatic carbocycles. The lowest BCUT2D eigenvalue weighted by Gasteiger charge is -2.14. The van der Waals surface area contributed by atoms with E-state index in [9.17, 15) is 0 Å². The van der Waals surface area contributed by atoms with Crippen LogP contribution in [0.15, 0.2) is 286 Å². The summed E-state index contributed by atoms with van der Waals surface area (Å²) in [7, 11) is 0. The molecule has 0 aliphatic rings. The van der Waals surface area contributed by atoms with Gasteiger partial charge in [-0.1, -0.05) is 140 Å². The zero-order valence-electron chi connectivity index (χ0n) is 46.9. The molecule has 0 unspecified atom stereocenters. The van der Waals surface area contributed by atoms with Gasteiger partial charge in [-0.3, -0.25) is 0 Å². The first-order valence-electron chi connectivity index (χ1n) is 29.8. The summed E-state index contributed by atoms with van der Waals surface area (Å²) in [5.41, 5.74) is 21.0. The fourth-order valence-electron chi connectivity index (χ4n) is 14.7. The third-order valence-corrected chi connectivity index (χ3v) is 18.4. The summed E-state index contributed by atoms with van der Waals surface area (Å²) >= 11 is 0. The minimum absolute atomic E-state index is 0.645. The van der Waals surface area contributed by atoms with Gasteiger partial charge >= 0.3 is 0 Å². The van der Waals surface area contributed by atoms with Gasteiger partial charge in [0.1, 0.15) is 33.5 Å². The molecule has 0 atom stereocenters. The zero-order chi connectivity index (χ0) is 57.3. The third-order valence-electron chi connectivity index (χ3n) is 18.4. The highest BCUT2D eigenvalue weighted by Crippen LogP contribution is 2.46. The van der Waals surface area contributed by atoms with Crippen molar-refractivity contribution in [3.63, 3.8) is 0 Å². The van der Waals surface area contributed by atoms with Crippen molar-refractivity contribution in [1.29, 1.82) is 0 Å². The molecule has 0 spiro atoms. The highest BCUT2D eigenvalue weighted by atomic mass is 16.3. The maximum Gasteiger partial charge on any atom is 0.160 e. The molecule has 0 saturated heterocycles. The molecular weight excluding hydrogens is 1080 g/mol. The fourth-order valence-corrected chi connectivity index (χ4v) is 14.7. The summed E-state index contributed by atoms with van der Waals surface area (Å²) in [5.74, 6) is 0.645. The molecular formula is C80H45N5O3. The second kappa shape index (κ2) is 17.8. The van der Waals surface area contributed by atoms with Crippen LogP contribution < -0.4 is 0 Å². The Bertz CT molecular complexity index is 6370. The van der Waals surface area contributed by atoms with Crippen LogP contribution in [0.25, 0.3) is 193 Å². The average molecular weight is 1120 g/mol. The van der Waals surface area contributed by atoms with E-state index in [1.165, 1.54) is 32.3 Å². The molecule has 7 heterocycles. The second-order valence-electron chi connectivity index (χ2n) is 23.1. The van der Waals surface area contributed by atoms with Crippen LogP contribution in [0.3, 0.4) is 0 Å². The molecule has 0 N–H and O–H groups in total. The number of hydrogen-bond acceptors (Lipinski definition) is 5. The lowest BCUT2D eigenvalue weighted by Crippen LogP contribution is -1.98. The Morgan fingerprint density at radius 1 is 0.227 bits per heavy atom. The van der Waals surface area contributed by atoms with Gasteiger partial charge in [0, 0.05) is 98.2 Å². The van der Waals surface area contributed by atoms with Crippen molar-refractivity contribution in [3.05, 3.63) is 273 Å². The zero-order valence-corrected chi connectivity index (χ0v) is 46.9. The fraction of sp³-hybridized carbons (Fsp3) is 0. The van der Waals surface area contributed by atoms with Gasteiger partial charge in [0.05, 0.1) is 44.3 Å². The Labute approximate surface area is 500 Å². The number of rotatable bonds is 6. The quantitative estimate of drug-likeness (QED) is 0.166. The summed E-state index contributed by atoms with van der Waals surface area (Å²) in [4.78, 5) is 11.0. The predicted molar refractivity (Wildman–Crippen MR) is 361 cm³/mol. The molecule has 0 aliphatic heterocycles. The molecule has 7 aromatic heterocycles. The summed E-state index contributed by atoms with van der Waals surface area (Å²) < 4.78 is 26.4. The summed E-state index contributed by atoms with van der Waals surface area (Å²) in [6, 6.07) is 97.1. The number of furan rings is 3. The number of para-hydroxylation sites is 6. The minimum atomic E-state index is 0.645. The van der Waals surface area contributed by atoms with Crippen LogP contribution >= 0.6 is 0 Å². The molecule has 0 radical (unpaired) electrons. The van der Waals surface area contributed by atoms with Crippen molar-refractivity contribution in [2.24, 2.45) is 0 Å². The third kappa shape index (κ3) is 6.62. The minimum Gasteiger partial charge on any atom is -0.456 e. The van der Waals surface area contributed by atoms with Crippen LogP contribution in [0.5, 0.6) is 0 Å². The van der Waals surface area contributed by atoms with Crippen molar-refractivity contribution in [2.75, 3.05) is 0 Å².